The molecule has 0 amide bonds. The molecule has 0 saturated heterocycles. The van der Waals surface area contributed by atoms with Crippen LogP contribution in [-0.4, -0.2) is 38.2 Å². The molecule has 1 heterocycles. The largest absolute Gasteiger partial charge is 0.497 e. The lowest BCUT2D eigenvalue weighted by Crippen LogP contribution is -2.35. The summed E-state index contributed by atoms with van der Waals surface area (Å²) < 4.78 is 16.2. The van der Waals surface area contributed by atoms with Crippen LogP contribution in [0.3, 0.4) is 0 Å². The van der Waals surface area contributed by atoms with Crippen LogP contribution < -0.4 is 9.47 Å². The van der Waals surface area contributed by atoms with E-state index in [4.69, 9.17) is 14.2 Å². The maximum atomic E-state index is 12.5. The smallest absolute Gasteiger partial charge is 0.327 e. The number of rotatable bonds is 4. The molecule has 1 aliphatic heterocycles. The van der Waals surface area contributed by atoms with E-state index >= 15 is 0 Å². The van der Waals surface area contributed by atoms with E-state index in [2.05, 4.69) is 17.0 Å². The third-order valence-electron chi connectivity index (χ3n) is 4.17. The molecule has 0 bridgehead atoms. The van der Waals surface area contributed by atoms with E-state index in [1.54, 1.807) is 7.11 Å². The van der Waals surface area contributed by atoms with E-state index in [1.807, 2.05) is 36.4 Å². The maximum Gasteiger partial charge on any atom is 0.327 e. The van der Waals surface area contributed by atoms with E-state index in [0.717, 1.165) is 11.1 Å². The third kappa shape index (κ3) is 3.36. The Kier molecular flexibility index (Phi) is 5.01. The van der Waals surface area contributed by atoms with Crippen LogP contribution in [0.15, 0.2) is 48.5 Å². The molecule has 0 fully saturated rings. The van der Waals surface area contributed by atoms with Gasteiger partial charge in [0.2, 0.25) is 0 Å². The van der Waals surface area contributed by atoms with Crippen LogP contribution >= 0.6 is 0 Å². The van der Waals surface area contributed by atoms with Crippen LogP contribution in [0.1, 0.15) is 17.2 Å². The molecular weight excluding hydrogens is 306 g/mol. The number of hydrogen-bond acceptors (Lipinski definition) is 5. The maximum absolute atomic E-state index is 12.5. The highest BCUT2D eigenvalue weighted by Crippen LogP contribution is 2.36. The number of nitrogens with zero attached hydrogens (tertiary/aromatic N) is 1. The van der Waals surface area contributed by atoms with Crippen LogP contribution in [0.2, 0.25) is 0 Å². The van der Waals surface area contributed by atoms with Gasteiger partial charge in [0.25, 0.3) is 0 Å². The first-order valence-corrected chi connectivity index (χ1v) is 7.89. The normalized spacial score (nSPS) is 17.3. The minimum atomic E-state index is -0.501. The predicted octanol–water partition coefficient (Wildman–Crippen LogP) is 2.80. The number of ether oxygens (including phenoxy) is 3. The Labute approximate surface area is 141 Å². The topological polar surface area (TPSA) is 48.0 Å². The molecule has 2 aromatic rings. The second-order valence-corrected chi connectivity index (χ2v) is 5.63. The molecule has 0 aliphatic carbocycles. The summed E-state index contributed by atoms with van der Waals surface area (Å²) in [7, 11) is 3.02. The van der Waals surface area contributed by atoms with Gasteiger partial charge in [0.05, 0.1) is 14.2 Å². The van der Waals surface area contributed by atoms with Crippen LogP contribution in [-0.2, 0) is 16.1 Å². The standard InChI is InChI=1S/C19H21NO4/c1-22-15-8-9-16-17(12-15)24-11-10-20(18(16)19(21)23-2)13-14-6-4-3-5-7-14/h3-9,12,18H,10-11,13H2,1-2H3. The highest BCUT2D eigenvalue weighted by molar-refractivity contribution is 5.79. The van der Waals surface area contributed by atoms with E-state index < -0.39 is 6.04 Å². The van der Waals surface area contributed by atoms with Crippen molar-refractivity contribution in [3.8, 4) is 11.5 Å². The molecule has 5 heteroatoms. The molecule has 0 N–H and O–H groups in total. The molecule has 0 spiro atoms. The molecule has 5 nitrogen and oxygen atoms in total. The van der Waals surface area contributed by atoms with Crippen LogP contribution in [0.5, 0.6) is 11.5 Å². The van der Waals surface area contributed by atoms with Crippen molar-refractivity contribution in [2.45, 2.75) is 12.6 Å². The first-order chi connectivity index (χ1) is 11.7. The summed E-state index contributed by atoms with van der Waals surface area (Å²) in [5, 5.41) is 0. The van der Waals surface area contributed by atoms with Gasteiger partial charge < -0.3 is 14.2 Å². The van der Waals surface area contributed by atoms with Crippen molar-refractivity contribution in [1.82, 2.24) is 4.90 Å². The Morgan fingerprint density at radius 1 is 1.21 bits per heavy atom. The lowest BCUT2D eigenvalue weighted by molar-refractivity contribution is -0.147. The van der Waals surface area contributed by atoms with Crippen molar-refractivity contribution >= 4 is 5.97 Å². The summed E-state index contributed by atoms with van der Waals surface area (Å²) in [5.41, 5.74) is 1.94. The SMILES string of the molecule is COC(=O)C1c2ccc(OC)cc2OCCN1Cc1ccccc1. The Morgan fingerprint density at radius 3 is 2.71 bits per heavy atom. The average molecular weight is 327 g/mol. The molecular formula is C19H21NO4. The zero-order valence-electron chi connectivity index (χ0n) is 13.9. The molecule has 3 rings (SSSR count). The van der Waals surface area contributed by atoms with Gasteiger partial charge in [-0.15, -0.1) is 0 Å². The first kappa shape index (κ1) is 16.3. The molecule has 2 aromatic carbocycles. The number of carbonyl (C=O) groups excluding carboxylic acids is 1. The van der Waals surface area contributed by atoms with E-state index in [-0.39, 0.29) is 5.97 Å². The summed E-state index contributed by atoms with van der Waals surface area (Å²) in [6, 6.07) is 15.1. The minimum Gasteiger partial charge on any atom is -0.497 e. The predicted molar refractivity (Wildman–Crippen MR) is 90.1 cm³/mol. The van der Waals surface area contributed by atoms with Gasteiger partial charge >= 0.3 is 5.97 Å². The molecule has 0 radical (unpaired) electrons. The second kappa shape index (κ2) is 7.36. The molecule has 0 saturated carbocycles. The van der Waals surface area contributed by atoms with Gasteiger partial charge in [0.15, 0.2) is 0 Å². The Morgan fingerprint density at radius 2 is 2.00 bits per heavy atom. The highest BCUT2D eigenvalue weighted by atomic mass is 16.5. The van der Waals surface area contributed by atoms with Crippen molar-refractivity contribution in [1.29, 1.82) is 0 Å². The third-order valence-corrected chi connectivity index (χ3v) is 4.17. The number of fused-ring (bicyclic) bond motifs is 1. The molecule has 0 aromatic heterocycles. The van der Waals surface area contributed by atoms with E-state index in [1.165, 1.54) is 7.11 Å². The van der Waals surface area contributed by atoms with Gasteiger partial charge in [-0.1, -0.05) is 30.3 Å². The molecule has 1 aliphatic rings. The van der Waals surface area contributed by atoms with Crippen LogP contribution in [0.4, 0.5) is 0 Å². The fraction of sp³-hybridized carbons (Fsp3) is 0.316. The Balaban J connectivity index is 1.97. The molecule has 1 unspecified atom stereocenters. The van der Waals surface area contributed by atoms with Gasteiger partial charge in [-0.2, -0.15) is 0 Å². The van der Waals surface area contributed by atoms with E-state index in [9.17, 15) is 4.79 Å². The summed E-state index contributed by atoms with van der Waals surface area (Å²) in [5.74, 6) is 1.08. The summed E-state index contributed by atoms with van der Waals surface area (Å²) in [6.07, 6.45) is 0. The summed E-state index contributed by atoms with van der Waals surface area (Å²) >= 11 is 0. The Hall–Kier alpha value is -2.53. The van der Waals surface area contributed by atoms with Crippen molar-refractivity contribution in [2.75, 3.05) is 27.4 Å². The number of carbonyl (C=O) groups is 1. The van der Waals surface area contributed by atoms with Crippen LogP contribution in [0, 0.1) is 0 Å². The molecule has 1 atom stereocenters. The van der Waals surface area contributed by atoms with Gasteiger partial charge in [0, 0.05) is 24.7 Å². The van der Waals surface area contributed by atoms with Crippen molar-refractivity contribution in [3.05, 3.63) is 59.7 Å². The number of methoxy groups -OCH3 is 2. The Bertz CT molecular complexity index is 702. The van der Waals surface area contributed by atoms with Crippen LogP contribution in [0.25, 0.3) is 0 Å². The quantitative estimate of drug-likeness (QED) is 0.808. The second-order valence-electron chi connectivity index (χ2n) is 5.63. The first-order valence-electron chi connectivity index (χ1n) is 7.89. The van der Waals surface area contributed by atoms with Crippen molar-refractivity contribution < 1.29 is 19.0 Å². The lowest BCUT2D eigenvalue weighted by Gasteiger charge is -2.27. The molecule has 126 valence electrons. The number of benzene rings is 2. The lowest BCUT2D eigenvalue weighted by atomic mass is 10.0. The monoisotopic (exact) mass is 327 g/mol. The number of hydrogen-bond donors (Lipinski definition) is 0. The van der Waals surface area contributed by atoms with Crippen molar-refractivity contribution in [3.63, 3.8) is 0 Å². The average Bonchev–Trinajstić information content (AvgIpc) is 2.80. The van der Waals surface area contributed by atoms with Gasteiger partial charge in [0.1, 0.15) is 24.1 Å². The fourth-order valence-electron chi connectivity index (χ4n) is 2.97. The van der Waals surface area contributed by atoms with Gasteiger partial charge in [-0.3, -0.25) is 4.90 Å². The summed E-state index contributed by atoms with van der Waals surface area (Å²) in [4.78, 5) is 14.6. The van der Waals surface area contributed by atoms with Crippen molar-refractivity contribution in [2.24, 2.45) is 0 Å². The van der Waals surface area contributed by atoms with E-state index in [0.29, 0.717) is 31.2 Å². The van der Waals surface area contributed by atoms with Gasteiger partial charge in [-0.25, -0.2) is 4.79 Å². The zero-order chi connectivity index (χ0) is 16.9. The fourth-order valence-corrected chi connectivity index (χ4v) is 2.97. The minimum absolute atomic E-state index is 0.289. The van der Waals surface area contributed by atoms with Gasteiger partial charge in [-0.05, 0) is 17.7 Å². The number of esters is 1. The summed E-state index contributed by atoms with van der Waals surface area (Å²) in [6.45, 7) is 1.78. The molecule has 24 heavy (non-hydrogen) atoms. The zero-order valence-corrected chi connectivity index (χ0v) is 13.9. The highest BCUT2D eigenvalue weighted by Gasteiger charge is 2.33.